The van der Waals surface area contributed by atoms with Crippen molar-refractivity contribution in [1.29, 1.82) is 0 Å². The van der Waals surface area contributed by atoms with Crippen molar-refractivity contribution in [3.05, 3.63) is 23.2 Å². The summed E-state index contributed by atoms with van der Waals surface area (Å²) in [6, 6.07) is 2.16. The molecule has 0 amide bonds. The molecule has 0 unspecified atom stereocenters. The largest absolute Gasteiger partial charge is 0.463 e. The third kappa shape index (κ3) is 3.34. The molecular formula is C14H21NO3S. The Morgan fingerprint density at radius 2 is 2.26 bits per heavy atom. The van der Waals surface area contributed by atoms with E-state index >= 15 is 0 Å². The van der Waals surface area contributed by atoms with Crippen LogP contribution < -0.4 is 0 Å². The Balaban J connectivity index is 2.14. The SMILES string of the molecule is COC(=O)c1oc([C@H](C)N2CCCSCC2)cc1C. The fraction of sp³-hybridized carbons (Fsp3) is 0.643. The number of furan rings is 1. The lowest BCUT2D eigenvalue weighted by Gasteiger charge is -2.25. The quantitative estimate of drug-likeness (QED) is 0.798. The van der Waals surface area contributed by atoms with E-state index in [9.17, 15) is 4.79 Å². The van der Waals surface area contributed by atoms with Crippen LogP contribution in [0.2, 0.25) is 0 Å². The maximum Gasteiger partial charge on any atom is 0.374 e. The van der Waals surface area contributed by atoms with Crippen LogP contribution in [0.5, 0.6) is 0 Å². The van der Waals surface area contributed by atoms with Gasteiger partial charge in [0, 0.05) is 17.9 Å². The summed E-state index contributed by atoms with van der Waals surface area (Å²) in [5.41, 5.74) is 0.845. The lowest BCUT2D eigenvalue weighted by atomic mass is 10.2. The molecule has 2 heterocycles. The maximum atomic E-state index is 11.6. The highest BCUT2D eigenvalue weighted by Gasteiger charge is 2.23. The Morgan fingerprint density at radius 3 is 3.00 bits per heavy atom. The van der Waals surface area contributed by atoms with Crippen molar-refractivity contribution in [2.45, 2.75) is 26.3 Å². The highest BCUT2D eigenvalue weighted by Crippen LogP contribution is 2.27. The van der Waals surface area contributed by atoms with Gasteiger partial charge in [-0.3, -0.25) is 4.90 Å². The van der Waals surface area contributed by atoms with E-state index in [4.69, 9.17) is 9.15 Å². The van der Waals surface area contributed by atoms with Gasteiger partial charge in [-0.1, -0.05) is 0 Å². The van der Waals surface area contributed by atoms with Crippen molar-refractivity contribution >= 4 is 17.7 Å². The Morgan fingerprint density at radius 1 is 1.47 bits per heavy atom. The van der Waals surface area contributed by atoms with Crippen LogP contribution in [0.25, 0.3) is 0 Å². The number of hydrogen-bond donors (Lipinski definition) is 0. The molecule has 1 aromatic rings. The van der Waals surface area contributed by atoms with Crippen LogP contribution in [-0.2, 0) is 4.74 Å². The van der Waals surface area contributed by atoms with E-state index in [0.717, 1.165) is 30.2 Å². The minimum Gasteiger partial charge on any atom is -0.463 e. The van der Waals surface area contributed by atoms with Gasteiger partial charge in [-0.25, -0.2) is 4.79 Å². The number of aryl methyl sites for hydroxylation is 1. The second kappa shape index (κ2) is 6.48. The summed E-state index contributed by atoms with van der Waals surface area (Å²) in [6.07, 6.45) is 1.21. The van der Waals surface area contributed by atoms with Crippen molar-refractivity contribution in [3.63, 3.8) is 0 Å². The molecule has 1 fully saturated rings. The minimum absolute atomic E-state index is 0.204. The number of hydrogen-bond acceptors (Lipinski definition) is 5. The van der Waals surface area contributed by atoms with Crippen LogP contribution in [0.3, 0.4) is 0 Å². The van der Waals surface area contributed by atoms with E-state index in [2.05, 4.69) is 11.8 Å². The van der Waals surface area contributed by atoms with Crippen molar-refractivity contribution in [2.75, 3.05) is 31.7 Å². The second-order valence-corrected chi connectivity index (χ2v) is 6.06. The molecule has 2 rings (SSSR count). The monoisotopic (exact) mass is 283 g/mol. The number of esters is 1. The first-order valence-corrected chi connectivity index (χ1v) is 7.79. The van der Waals surface area contributed by atoms with Gasteiger partial charge in [0.25, 0.3) is 0 Å². The van der Waals surface area contributed by atoms with Gasteiger partial charge in [-0.15, -0.1) is 0 Å². The fourth-order valence-corrected chi connectivity index (χ4v) is 3.24. The number of carbonyl (C=O) groups excluding carboxylic acids is 1. The summed E-state index contributed by atoms with van der Waals surface area (Å²) in [5.74, 6) is 3.17. The highest BCUT2D eigenvalue weighted by atomic mass is 32.2. The van der Waals surface area contributed by atoms with Crippen molar-refractivity contribution in [1.82, 2.24) is 4.90 Å². The van der Waals surface area contributed by atoms with E-state index in [1.165, 1.54) is 19.3 Å². The van der Waals surface area contributed by atoms with E-state index in [-0.39, 0.29) is 6.04 Å². The number of rotatable bonds is 3. The Bertz CT molecular complexity index is 436. The Kier molecular flexibility index (Phi) is 4.93. The summed E-state index contributed by atoms with van der Waals surface area (Å²) in [7, 11) is 1.37. The van der Waals surface area contributed by atoms with E-state index < -0.39 is 5.97 Å². The highest BCUT2D eigenvalue weighted by molar-refractivity contribution is 7.99. The molecule has 0 aromatic carbocycles. The molecule has 1 aromatic heterocycles. The standard InChI is InChI=1S/C14H21NO3S/c1-10-9-12(18-13(10)14(16)17-3)11(2)15-5-4-7-19-8-6-15/h9,11H,4-8H2,1-3H3/t11-/m0/s1. The molecule has 0 radical (unpaired) electrons. The molecular weight excluding hydrogens is 262 g/mol. The van der Waals surface area contributed by atoms with Gasteiger partial charge in [0.15, 0.2) is 0 Å². The third-order valence-electron chi connectivity index (χ3n) is 3.52. The molecule has 5 heteroatoms. The average Bonchev–Trinajstić information content (AvgIpc) is 2.65. The van der Waals surface area contributed by atoms with Gasteiger partial charge in [-0.05, 0) is 38.6 Å². The van der Waals surface area contributed by atoms with Crippen LogP contribution in [0, 0.1) is 6.92 Å². The maximum absolute atomic E-state index is 11.6. The normalized spacial score (nSPS) is 18.9. The lowest BCUT2D eigenvalue weighted by Crippen LogP contribution is -2.28. The van der Waals surface area contributed by atoms with Crippen LogP contribution in [-0.4, -0.2) is 42.6 Å². The van der Waals surface area contributed by atoms with Crippen LogP contribution in [0.1, 0.15) is 41.3 Å². The number of ether oxygens (including phenoxy) is 1. The van der Waals surface area contributed by atoms with E-state index in [1.807, 2.05) is 24.8 Å². The molecule has 1 saturated heterocycles. The van der Waals surface area contributed by atoms with Gasteiger partial charge in [0.05, 0.1) is 13.2 Å². The van der Waals surface area contributed by atoms with Crippen molar-refractivity contribution in [2.24, 2.45) is 0 Å². The molecule has 0 saturated carbocycles. The van der Waals surface area contributed by atoms with Crippen LogP contribution in [0.4, 0.5) is 0 Å². The van der Waals surface area contributed by atoms with Gasteiger partial charge in [-0.2, -0.15) is 11.8 Å². The Hall–Kier alpha value is -0.940. The second-order valence-electron chi connectivity index (χ2n) is 4.83. The molecule has 106 valence electrons. The average molecular weight is 283 g/mol. The molecule has 1 aliphatic rings. The zero-order chi connectivity index (χ0) is 13.8. The molecule has 0 aliphatic carbocycles. The summed E-state index contributed by atoms with van der Waals surface area (Å²) in [6.45, 7) is 6.17. The molecule has 0 bridgehead atoms. The first-order chi connectivity index (χ1) is 9.13. The van der Waals surface area contributed by atoms with E-state index in [1.54, 1.807) is 0 Å². The van der Waals surface area contributed by atoms with Crippen LogP contribution in [0.15, 0.2) is 10.5 Å². The third-order valence-corrected chi connectivity index (χ3v) is 4.57. The fourth-order valence-electron chi connectivity index (χ4n) is 2.34. The first kappa shape index (κ1) is 14.5. The topological polar surface area (TPSA) is 42.7 Å². The van der Waals surface area contributed by atoms with Crippen molar-refractivity contribution < 1.29 is 13.9 Å². The zero-order valence-electron chi connectivity index (χ0n) is 11.8. The molecule has 0 spiro atoms. The predicted octanol–water partition coefficient (Wildman–Crippen LogP) is 2.87. The minimum atomic E-state index is -0.401. The lowest BCUT2D eigenvalue weighted by molar-refractivity contribution is 0.0558. The Labute approximate surface area is 118 Å². The first-order valence-electron chi connectivity index (χ1n) is 6.64. The molecule has 1 atom stereocenters. The molecule has 4 nitrogen and oxygen atoms in total. The molecule has 1 aliphatic heterocycles. The smallest absolute Gasteiger partial charge is 0.374 e. The summed E-state index contributed by atoms with van der Waals surface area (Å²) in [5, 5.41) is 0. The zero-order valence-corrected chi connectivity index (χ0v) is 12.6. The molecule has 19 heavy (non-hydrogen) atoms. The molecule has 0 N–H and O–H groups in total. The predicted molar refractivity (Wildman–Crippen MR) is 76.7 cm³/mol. The summed E-state index contributed by atoms with van der Waals surface area (Å²) >= 11 is 2.00. The van der Waals surface area contributed by atoms with Crippen molar-refractivity contribution in [3.8, 4) is 0 Å². The van der Waals surface area contributed by atoms with Crippen LogP contribution >= 0.6 is 11.8 Å². The number of nitrogens with zero attached hydrogens (tertiary/aromatic N) is 1. The summed E-state index contributed by atoms with van der Waals surface area (Å²) < 4.78 is 10.4. The van der Waals surface area contributed by atoms with Gasteiger partial charge < -0.3 is 9.15 Å². The van der Waals surface area contributed by atoms with E-state index in [0.29, 0.717) is 5.76 Å². The van der Waals surface area contributed by atoms with Gasteiger partial charge in [0.2, 0.25) is 5.76 Å². The number of methoxy groups -OCH3 is 1. The summed E-state index contributed by atoms with van der Waals surface area (Å²) in [4.78, 5) is 14.0. The van der Waals surface area contributed by atoms with Gasteiger partial charge >= 0.3 is 5.97 Å². The van der Waals surface area contributed by atoms with Gasteiger partial charge in [0.1, 0.15) is 5.76 Å². The number of thioether (sulfide) groups is 1. The number of carbonyl (C=O) groups is 1.